The monoisotopic (exact) mass is 819 g/mol. The second-order valence-electron chi connectivity index (χ2n) is 16.5. The van der Waals surface area contributed by atoms with Crippen LogP contribution in [0.25, 0.3) is 110 Å². The Morgan fingerprint density at radius 3 is 0.750 bits per heavy atom. The van der Waals surface area contributed by atoms with Crippen molar-refractivity contribution in [2.24, 2.45) is 0 Å². The quantitative estimate of drug-likeness (QED) is 0.161. The van der Waals surface area contributed by atoms with E-state index in [9.17, 15) is 0 Å². The van der Waals surface area contributed by atoms with Crippen LogP contribution in [0.5, 0.6) is 0 Å². The number of nitrogens with zero attached hydrogens (tertiary/aromatic N) is 1. The predicted octanol–water partition coefficient (Wildman–Crippen LogP) is 17.5. The molecular weight excluding hydrogens is 783 g/mol. The lowest BCUT2D eigenvalue weighted by molar-refractivity contribution is 0.668. The van der Waals surface area contributed by atoms with Crippen LogP contribution in [-0.4, -0.2) is 0 Å². The fourth-order valence-corrected chi connectivity index (χ4v) is 9.43. The molecule has 0 saturated carbocycles. The molecule has 3 aromatic heterocycles. The zero-order valence-corrected chi connectivity index (χ0v) is 34.5. The molecular formula is C60H37NO3. The van der Waals surface area contributed by atoms with Gasteiger partial charge in [-0.15, -0.1) is 0 Å². The maximum absolute atomic E-state index is 6.13. The van der Waals surface area contributed by atoms with E-state index in [1.807, 2.05) is 36.4 Å². The van der Waals surface area contributed by atoms with Gasteiger partial charge in [0.1, 0.15) is 33.5 Å². The van der Waals surface area contributed by atoms with Crippen LogP contribution in [0, 0.1) is 0 Å². The lowest BCUT2D eigenvalue weighted by atomic mass is 9.98. The molecule has 0 aliphatic carbocycles. The van der Waals surface area contributed by atoms with Gasteiger partial charge in [-0.2, -0.15) is 0 Å². The third kappa shape index (κ3) is 6.07. The van der Waals surface area contributed by atoms with Gasteiger partial charge in [-0.05, 0) is 136 Å². The summed E-state index contributed by atoms with van der Waals surface area (Å²) < 4.78 is 18.3. The largest absolute Gasteiger partial charge is 0.456 e. The first kappa shape index (κ1) is 36.1. The van der Waals surface area contributed by atoms with E-state index in [1.54, 1.807) is 0 Å². The topological polar surface area (TPSA) is 42.7 Å². The van der Waals surface area contributed by atoms with Crippen molar-refractivity contribution in [3.8, 4) is 44.5 Å². The molecule has 0 aliphatic heterocycles. The highest BCUT2D eigenvalue weighted by atomic mass is 16.3. The van der Waals surface area contributed by atoms with Crippen molar-refractivity contribution in [2.75, 3.05) is 4.90 Å². The third-order valence-corrected chi connectivity index (χ3v) is 12.7. The Morgan fingerprint density at radius 1 is 0.203 bits per heavy atom. The van der Waals surface area contributed by atoms with E-state index in [4.69, 9.17) is 13.3 Å². The van der Waals surface area contributed by atoms with Crippen molar-refractivity contribution in [1.82, 2.24) is 0 Å². The minimum Gasteiger partial charge on any atom is -0.456 e. The molecule has 0 spiro atoms. The second-order valence-corrected chi connectivity index (χ2v) is 16.5. The number of rotatable bonds is 7. The van der Waals surface area contributed by atoms with E-state index >= 15 is 0 Å². The summed E-state index contributed by atoms with van der Waals surface area (Å²) in [6.45, 7) is 0. The van der Waals surface area contributed by atoms with Crippen LogP contribution in [0.3, 0.4) is 0 Å². The molecule has 300 valence electrons. The van der Waals surface area contributed by atoms with Gasteiger partial charge in [0, 0.05) is 49.4 Å². The van der Waals surface area contributed by atoms with Crippen LogP contribution in [0.15, 0.2) is 238 Å². The van der Waals surface area contributed by atoms with Gasteiger partial charge in [0.15, 0.2) is 0 Å². The Labute approximate surface area is 368 Å². The van der Waals surface area contributed by atoms with Gasteiger partial charge in [0.2, 0.25) is 0 Å². The summed E-state index contributed by atoms with van der Waals surface area (Å²) in [4.78, 5) is 2.33. The standard InChI is InChI=1S/C60H37NO3/c1-4-10-55-49(7-1)52-35-43(23-32-58(52)62-55)40-15-13-38(14-16-40)39-17-26-46(27-18-39)61(47-28-19-41(20-29-47)44-24-33-59-53(36-44)50-8-2-5-11-56(50)63-59)48-30-21-42(22-31-48)45-25-34-60-54(37-45)51-9-3-6-12-57(51)64-60/h1-37H. The Morgan fingerprint density at radius 2 is 0.438 bits per heavy atom. The molecule has 0 N–H and O–H groups in total. The maximum atomic E-state index is 6.13. The van der Waals surface area contributed by atoms with Gasteiger partial charge in [-0.25, -0.2) is 0 Å². The van der Waals surface area contributed by atoms with Crippen LogP contribution in [0.4, 0.5) is 17.1 Å². The third-order valence-electron chi connectivity index (χ3n) is 12.7. The summed E-state index contributed by atoms with van der Waals surface area (Å²) in [5, 5.41) is 6.78. The number of hydrogen-bond acceptors (Lipinski definition) is 4. The van der Waals surface area contributed by atoms with Crippen molar-refractivity contribution in [2.45, 2.75) is 0 Å². The number of benzene rings is 10. The SMILES string of the molecule is c1ccc2c(c1)oc1ccc(-c3ccc(-c4ccc(N(c5ccc(-c6ccc7oc8ccccc8c7c6)cc5)c5ccc(-c6ccc7oc8ccccc8c7c6)cc5)cc4)cc3)cc12. The summed E-state index contributed by atoms with van der Waals surface area (Å²) >= 11 is 0. The average molecular weight is 820 g/mol. The van der Waals surface area contributed by atoms with Gasteiger partial charge in [0.05, 0.1) is 0 Å². The minimum atomic E-state index is 0.898. The van der Waals surface area contributed by atoms with Crippen LogP contribution in [0.1, 0.15) is 0 Å². The van der Waals surface area contributed by atoms with Gasteiger partial charge in [-0.3, -0.25) is 0 Å². The number of hydrogen-bond donors (Lipinski definition) is 0. The smallest absolute Gasteiger partial charge is 0.135 e. The molecule has 0 aliphatic rings. The molecule has 10 aromatic carbocycles. The van der Waals surface area contributed by atoms with Gasteiger partial charge in [-0.1, -0.05) is 133 Å². The first-order valence-electron chi connectivity index (χ1n) is 21.6. The normalized spacial score (nSPS) is 11.8. The van der Waals surface area contributed by atoms with Gasteiger partial charge < -0.3 is 18.2 Å². The molecule has 0 radical (unpaired) electrons. The minimum absolute atomic E-state index is 0.898. The summed E-state index contributed by atoms with van der Waals surface area (Å²) in [6, 6.07) is 79.5. The zero-order chi connectivity index (χ0) is 42.1. The molecule has 0 unspecified atom stereocenters. The van der Waals surface area contributed by atoms with Crippen molar-refractivity contribution >= 4 is 82.9 Å². The lowest BCUT2D eigenvalue weighted by Crippen LogP contribution is -2.09. The van der Waals surface area contributed by atoms with Crippen molar-refractivity contribution in [3.05, 3.63) is 224 Å². The molecule has 0 amide bonds. The Kier molecular flexibility index (Phi) is 8.18. The van der Waals surface area contributed by atoms with E-state index in [-0.39, 0.29) is 0 Å². The summed E-state index contributed by atoms with van der Waals surface area (Å²) in [7, 11) is 0. The highest BCUT2D eigenvalue weighted by Crippen LogP contribution is 2.40. The Hall–Kier alpha value is -8.60. The van der Waals surface area contributed by atoms with Crippen LogP contribution >= 0.6 is 0 Å². The van der Waals surface area contributed by atoms with Crippen molar-refractivity contribution in [1.29, 1.82) is 0 Å². The summed E-state index contributed by atoms with van der Waals surface area (Å²) in [5.74, 6) is 0. The summed E-state index contributed by atoms with van der Waals surface area (Å²) in [6.07, 6.45) is 0. The molecule has 4 nitrogen and oxygen atoms in total. The van der Waals surface area contributed by atoms with Crippen LogP contribution < -0.4 is 4.90 Å². The molecule has 13 rings (SSSR count). The zero-order valence-electron chi connectivity index (χ0n) is 34.5. The number of para-hydroxylation sites is 3. The first-order valence-corrected chi connectivity index (χ1v) is 21.6. The fourth-order valence-electron chi connectivity index (χ4n) is 9.43. The molecule has 3 heterocycles. The molecule has 0 bridgehead atoms. The fraction of sp³-hybridized carbons (Fsp3) is 0. The molecule has 13 aromatic rings. The molecule has 0 fully saturated rings. The summed E-state index contributed by atoms with van der Waals surface area (Å²) in [5.41, 5.74) is 17.9. The van der Waals surface area contributed by atoms with Gasteiger partial charge in [0.25, 0.3) is 0 Å². The number of fused-ring (bicyclic) bond motifs is 9. The lowest BCUT2D eigenvalue weighted by Gasteiger charge is -2.26. The number of furan rings is 3. The first-order chi connectivity index (χ1) is 31.7. The van der Waals surface area contributed by atoms with Crippen LogP contribution in [0.2, 0.25) is 0 Å². The second kappa shape index (κ2) is 14.5. The highest BCUT2D eigenvalue weighted by molar-refractivity contribution is 6.08. The van der Waals surface area contributed by atoms with Crippen LogP contribution in [-0.2, 0) is 0 Å². The Balaban J connectivity index is 0.838. The van der Waals surface area contributed by atoms with E-state index in [2.05, 4.69) is 193 Å². The Bertz CT molecular complexity index is 3710. The number of anilines is 3. The van der Waals surface area contributed by atoms with Crippen molar-refractivity contribution < 1.29 is 13.3 Å². The maximum Gasteiger partial charge on any atom is 0.135 e. The van der Waals surface area contributed by atoms with Crippen molar-refractivity contribution in [3.63, 3.8) is 0 Å². The molecule has 0 atom stereocenters. The van der Waals surface area contributed by atoms with E-state index in [0.29, 0.717) is 0 Å². The van der Waals surface area contributed by atoms with E-state index in [0.717, 1.165) is 116 Å². The molecule has 64 heavy (non-hydrogen) atoms. The van der Waals surface area contributed by atoms with E-state index < -0.39 is 0 Å². The molecule has 4 heteroatoms. The molecule has 0 saturated heterocycles. The van der Waals surface area contributed by atoms with Gasteiger partial charge >= 0.3 is 0 Å². The average Bonchev–Trinajstić information content (AvgIpc) is 4.05. The van der Waals surface area contributed by atoms with E-state index in [1.165, 1.54) is 11.1 Å². The predicted molar refractivity (Wildman–Crippen MR) is 265 cm³/mol. The highest BCUT2D eigenvalue weighted by Gasteiger charge is 2.16.